The Bertz CT molecular complexity index is 331. The van der Waals surface area contributed by atoms with Crippen molar-refractivity contribution in [3.05, 3.63) is 0 Å². The molecule has 2 fully saturated rings. The lowest BCUT2D eigenvalue weighted by atomic mass is 9.93. The van der Waals surface area contributed by atoms with Gasteiger partial charge in [0.25, 0.3) is 0 Å². The molecule has 1 N–H and O–H groups in total. The molecule has 1 aliphatic carbocycles. The largest absolute Gasteiger partial charge is 0.481 e. The van der Waals surface area contributed by atoms with Crippen LogP contribution in [0, 0.1) is 11.8 Å². The Morgan fingerprint density at radius 1 is 1.21 bits per heavy atom. The van der Waals surface area contributed by atoms with E-state index in [4.69, 9.17) is 5.11 Å². The normalized spacial score (nSPS) is 23.4. The first-order valence-corrected chi connectivity index (χ1v) is 8.38. The smallest absolute Gasteiger partial charge is 0.303 e. The van der Waals surface area contributed by atoms with Crippen LogP contribution in [0.5, 0.6) is 0 Å². The zero-order chi connectivity index (χ0) is 13.7. The van der Waals surface area contributed by atoms with Crippen molar-refractivity contribution in [1.29, 1.82) is 0 Å². The van der Waals surface area contributed by atoms with Gasteiger partial charge in [-0.1, -0.05) is 0 Å². The summed E-state index contributed by atoms with van der Waals surface area (Å²) in [6, 6.07) is 0. The van der Waals surface area contributed by atoms with Gasteiger partial charge in [0.1, 0.15) is 0 Å². The van der Waals surface area contributed by atoms with Gasteiger partial charge in [0.05, 0.1) is 5.75 Å². The average molecular weight is 285 g/mol. The molecule has 4 nitrogen and oxygen atoms in total. The van der Waals surface area contributed by atoms with Crippen LogP contribution in [-0.2, 0) is 9.59 Å². The van der Waals surface area contributed by atoms with Crippen molar-refractivity contribution in [2.24, 2.45) is 11.8 Å². The number of amides is 1. The fraction of sp³-hybridized carbons (Fsp3) is 0.857. The third-order valence-corrected chi connectivity index (χ3v) is 5.07. The molecule has 1 saturated carbocycles. The Labute approximate surface area is 118 Å². The van der Waals surface area contributed by atoms with Crippen LogP contribution in [-0.4, -0.2) is 46.5 Å². The molecule has 0 bridgehead atoms. The molecule has 0 spiro atoms. The molecule has 2 aliphatic rings. The minimum absolute atomic E-state index is 0.225. The van der Waals surface area contributed by atoms with Gasteiger partial charge >= 0.3 is 5.97 Å². The van der Waals surface area contributed by atoms with Gasteiger partial charge in [-0.3, -0.25) is 9.59 Å². The summed E-state index contributed by atoms with van der Waals surface area (Å²) in [4.78, 5) is 24.6. The summed E-state index contributed by atoms with van der Waals surface area (Å²) in [6.07, 6.45) is 5.68. The highest BCUT2D eigenvalue weighted by Crippen LogP contribution is 2.32. The molecule has 0 aromatic rings. The van der Waals surface area contributed by atoms with Gasteiger partial charge in [0, 0.05) is 19.5 Å². The van der Waals surface area contributed by atoms with Crippen molar-refractivity contribution in [2.75, 3.05) is 24.6 Å². The lowest BCUT2D eigenvalue weighted by Gasteiger charge is -2.32. The Kier molecular flexibility index (Phi) is 5.55. The van der Waals surface area contributed by atoms with Crippen molar-refractivity contribution in [3.63, 3.8) is 0 Å². The fourth-order valence-electron chi connectivity index (χ4n) is 2.54. The van der Waals surface area contributed by atoms with Gasteiger partial charge in [-0.25, -0.2) is 0 Å². The molecule has 1 amide bonds. The first-order chi connectivity index (χ1) is 9.15. The molecule has 1 saturated heterocycles. The number of piperidine rings is 1. The first-order valence-electron chi connectivity index (χ1n) is 7.22. The summed E-state index contributed by atoms with van der Waals surface area (Å²) in [5, 5.41) is 8.71. The fourth-order valence-corrected chi connectivity index (χ4v) is 3.69. The summed E-state index contributed by atoms with van der Waals surface area (Å²) >= 11 is 1.76. The second-order valence-electron chi connectivity index (χ2n) is 5.74. The standard InChI is InChI=1S/C14H23NO3S/c16-13(10-19-9-12-3-4-12)15-7-1-2-11(8-15)5-6-14(17)18/h11-12H,1-10H2,(H,17,18)/t11-/m0/s1. The van der Waals surface area contributed by atoms with Crippen molar-refractivity contribution in [1.82, 2.24) is 4.90 Å². The number of rotatable bonds is 7. The van der Waals surface area contributed by atoms with Crippen molar-refractivity contribution in [2.45, 2.75) is 38.5 Å². The number of thioether (sulfide) groups is 1. The van der Waals surface area contributed by atoms with Crippen LogP contribution in [0.3, 0.4) is 0 Å². The maximum absolute atomic E-state index is 12.1. The van der Waals surface area contributed by atoms with Crippen molar-refractivity contribution < 1.29 is 14.7 Å². The van der Waals surface area contributed by atoms with E-state index in [1.54, 1.807) is 11.8 Å². The number of aliphatic carboxylic acids is 1. The van der Waals surface area contributed by atoms with E-state index in [-0.39, 0.29) is 12.3 Å². The molecule has 0 unspecified atom stereocenters. The molecule has 108 valence electrons. The van der Waals surface area contributed by atoms with E-state index in [1.807, 2.05) is 4.90 Å². The highest BCUT2D eigenvalue weighted by molar-refractivity contribution is 7.99. The maximum Gasteiger partial charge on any atom is 0.303 e. The predicted molar refractivity (Wildman–Crippen MR) is 76.2 cm³/mol. The molecular formula is C14H23NO3S. The van der Waals surface area contributed by atoms with E-state index >= 15 is 0 Å². The van der Waals surface area contributed by atoms with E-state index in [1.165, 1.54) is 12.8 Å². The number of carbonyl (C=O) groups excluding carboxylic acids is 1. The minimum atomic E-state index is -0.733. The second kappa shape index (κ2) is 7.17. The van der Waals surface area contributed by atoms with E-state index in [0.29, 0.717) is 18.1 Å². The zero-order valence-corrected chi connectivity index (χ0v) is 12.2. The molecule has 1 atom stereocenters. The quantitative estimate of drug-likeness (QED) is 0.779. The van der Waals surface area contributed by atoms with Crippen LogP contribution in [0.25, 0.3) is 0 Å². The van der Waals surface area contributed by atoms with Crippen molar-refractivity contribution >= 4 is 23.6 Å². The Morgan fingerprint density at radius 3 is 2.68 bits per heavy atom. The number of carboxylic acid groups (broad SMARTS) is 1. The number of carbonyl (C=O) groups is 2. The topological polar surface area (TPSA) is 57.6 Å². The van der Waals surface area contributed by atoms with Gasteiger partial charge in [-0.05, 0) is 49.7 Å². The average Bonchev–Trinajstić information content (AvgIpc) is 3.21. The summed E-state index contributed by atoms with van der Waals surface area (Å²) in [5.74, 6) is 2.48. The van der Waals surface area contributed by atoms with Gasteiger partial charge < -0.3 is 10.0 Å². The van der Waals surface area contributed by atoms with E-state index in [0.717, 1.165) is 37.6 Å². The number of likely N-dealkylation sites (tertiary alicyclic amines) is 1. The van der Waals surface area contributed by atoms with E-state index < -0.39 is 5.97 Å². The van der Waals surface area contributed by atoms with Crippen LogP contribution in [0.4, 0.5) is 0 Å². The molecular weight excluding hydrogens is 262 g/mol. The summed E-state index contributed by atoms with van der Waals surface area (Å²) in [7, 11) is 0. The van der Waals surface area contributed by atoms with Crippen LogP contribution >= 0.6 is 11.8 Å². The molecule has 2 rings (SSSR count). The van der Waals surface area contributed by atoms with Crippen molar-refractivity contribution in [3.8, 4) is 0 Å². The third kappa shape index (κ3) is 5.43. The van der Waals surface area contributed by atoms with Gasteiger partial charge in [0.15, 0.2) is 0 Å². The molecule has 1 heterocycles. The summed E-state index contributed by atoms with van der Waals surface area (Å²) in [6.45, 7) is 1.61. The lowest BCUT2D eigenvalue weighted by molar-refractivity contribution is -0.137. The van der Waals surface area contributed by atoms with Crippen LogP contribution in [0.15, 0.2) is 0 Å². The summed E-state index contributed by atoms with van der Waals surface area (Å²) < 4.78 is 0. The lowest BCUT2D eigenvalue weighted by Crippen LogP contribution is -2.41. The molecule has 5 heteroatoms. The maximum atomic E-state index is 12.1. The number of carboxylic acids is 1. The van der Waals surface area contributed by atoms with Gasteiger partial charge in [0.2, 0.25) is 5.91 Å². The van der Waals surface area contributed by atoms with E-state index in [9.17, 15) is 9.59 Å². The SMILES string of the molecule is O=C(O)CC[C@@H]1CCCN(C(=O)CSCC2CC2)C1. The van der Waals surface area contributed by atoms with Gasteiger partial charge in [-0.15, -0.1) is 0 Å². The zero-order valence-electron chi connectivity index (χ0n) is 11.3. The summed E-state index contributed by atoms with van der Waals surface area (Å²) in [5.41, 5.74) is 0. The highest BCUT2D eigenvalue weighted by Gasteiger charge is 2.25. The van der Waals surface area contributed by atoms with E-state index in [2.05, 4.69) is 0 Å². The van der Waals surface area contributed by atoms with Gasteiger partial charge in [-0.2, -0.15) is 11.8 Å². The molecule has 0 aromatic heterocycles. The monoisotopic (exact) mass is 285 g/mol. The van der Waals surface area contributed by atoms with Crippen LogP contribution in [0.1, 0.15) is 38.5 Å². The molecule has 0 aromatic carbocycles. The second-order valence-corrected chi connectivity index (χ2v) is 6.77. The number of hydrogen-bond donors (Lipinski definition) is 1. The predicted octanol–water partition coefficient (Wildman–Crippen LogP) is 2.23. The van der Waals surface area contributed by atoms with Crippen LogP contribution < -0.4 is 0 Å². The molecule has 1 aliphatic heterocycles. The Balaban J connectivity index is 1.66. The number of nitrogens with zero attached hydrogens (tertiary/aromatic N) is 1. The highest BCUT2D eigenvalue weighted by atomic mass is 32.2. The number of hydrogen-bond acceptors (Lipinski definition) is 3. The third-order valence-electron chi connectivity index (χ3n) is 3.91. The molecule has 19 heavy (non-hydrogen) atoms. The minimum Gasteiger partial charge on any atom is -0.481 e. The van der Waals surface area contributed by atoms with Crippen LogP contribution in [0.2, 0.25) is 0 Å². The Hall–Kier alpha value is -0.710. The Morgan fingerprint density at radius 2 is 2.00 bits per heavy atom. The molecule has 0 radical (unpaired) electrons. The first kappa shape index (κ1) is 14.7.